The number of nitro benzene ring substituents is 1. The molecule has 142 valence electrons. The maximum Gasteiger partial charge on any atom is 0.280 e. The molecule has 3 aromatic rings. The Morgan fingerprint density at radius 1 is 1.32 bits per heavy atom. The fourth-order valence-corrected chi connectivity index (χ4v) is 2.43. The van der Waals surface area contributed by atoms with E-state index in [1.165, 1.54) is 12.1 Å². The molecule has 9 heteroatoms. The summed E-state index contributed by atoms with van der Waals surface area (Å²) in [4.78, 5) is 26.6. The Labute approximate surface area is 159 Å². The molecule has 0 aliphatic rings. The molecule has 28 heavy (non-hydrogen) atoms. The van der Waals surface area contributed by atoms with Gasteiger partial charge in [0.2, 0.25) is 0 Å². The highest BCUT2D eigenvalue weighted by Crippen LogP contribution is 2.24. The molecule has 0 aliphatic carbocycles. The Balaban J connectivity index is 1.67. The number of benzene rings is 2. The lowest BCUT2D eigenvalue weighted by Gasteiger charge is -2.14. The van der Waals surface area contributed by atoms with Gasteiger partial charge in [-0.3, -0.25) is 19.9 Å². The summed E-state index contributed by atoms with van der Waals surface area (Å²) in [5, 5.41) is 25.1. The number of hydrazone groups is 1. The number of pyridine rings is 1. The van der Waals surface area contributed by atoms with E-state index in [9.17, 15) is 20.0 Å². The molecule has 1 unspecified atom stereocenters. The Bertz CT molecular complexity index is 1060. The van der Waals surface area contributed by atoms with E-state index in [0.29, 0.717) is 11.3 Å². The quantitative estimate of drug-likeness (QED) is 0.385. The first kappa shape index (κ1) is 18.8. The molecule has 2 N–H and O–H groups in total. The highest BCUT2D eigenvalue weighted by atomic mass is 16.6. The number of fused-ring (bicyclic) bond motifs is 1. The molecule has 1 heterocycles. The number of carbonyl (C=O) groups is 1. The van der Waals surface area contributed by atoms with Crippen molar-refractivity contribution < 1.29 is 19.6 Å². The number of carbonyl (C=O) groups excluding carboxylic acids is 1. The van der Waals surface area contributed by atoms with Gasteiger partial charge < -0.3 is 9.84 Å². The number of non-ortho nitro benzene ring substituents is 1. The molecule has 0 bridgehead atoms. The first-order chi connectivity index (χ1) is 13.5. The Hall–Kier alpha value is -4.01. The molecular formula is C19H16N4O5. The fraction of sp³-hybridized carbons (Fsp3) is 0.105. The number of hydrogen-bond donors (Lipinski definition) is 2. The van der Waals surface area contributed by atoms with Crippen molar-refractivity contribution in [1.82, 2.24) is 10.4 Å². The van der Waals surface area contributed by atoms with Crippen molar-refractivity contribution in [3.05, 3.63) is 70.4 Å². The zero-order chi connectivity index (χ0) is 20.1. The highest BCUT2D eigenvalue weighted by Gasteiger charge is 2.16. The minimum absolute atomic E-state index is 0.0984. The van der Waals surface area contributed by atoms with Crippen LogP contribution >= 0.6 is 0 Å². The van der Waals surface area contributed by atoms with Crippen molar-refractivity contribution in [2.75, 3.05) is 0 Å². The van der Waals surface area contributed by atoms with E-state index >= 15 is 0 Å². The highest BCUT2D eigenvalue weighted by molar-refractivity contribution is 5.88. The number of nitro groups is 1. The Morgan fingerprint density at radius 3 is 2.89 bits per heavy atom. The van der Waals surface area contributed by atoms with Crippen LogP contribution in [0.1, 0.15) is 12.5 Å². The van der Waals surface area contributed by atoms with E-state index in [2.05, 4.69) is 15.5 Å². The summed E-state index contributed by atoms with van der Waals surface area (Å²) >= 11 is 0. The monoisotopic (exact) mass is 380 g/mol. The lowest BCUT2D eigenvalue weighted by atomic mass is 10.2. The molecule has 0 radical (unpaired) electrons. The van der Waals surface area contributed by atoms with Crippen LogP contribution in [0.25, 0.3) is 10.9 Å². The number of aromatic nitrogens is 1. The van der Waals surface area contributed by atoms with Crippen molar-refractivity contribution in [3.8, 4) is 11.5 Å². The number of phenols is 1. The molecule has 1 atom stereocenters. The van der Waals surface area contributed by atoms with Crippen molar-refractivity contribution >= 4 is 28.7 Å². The lowest BCUT2D eigenvalue weighted by Crippen LogP contribution is -2.33. The largest absolute Gasteiger partial charge is 0.507 e. The van der Waals surface area contributed by atoms with Gasteiger partial charge in [0.1, 0.15) is 17.0 Å². The van der Waals surface area contributed by atoms with Crippen molar-refractivity contribution in [2.24, 2.45) is 5.10 Å². The van der Waals surface area contributed by atoms with Crippen molar-refractivity contribution in [3.63, 3.8) is 0 Å². The van der Waals surface area contributed by atoms with Crippen LogP contribution < -0.4 is 10.2 Å². The van der Waals surface area contributed by atoms with Crippen LogP contribution in [-0.2, 0) is 4.79 Å². The van der Waals surface area contributed by atoms with Crippen LogP contribution in [0.2, 0.25) is 0 Å². The molecule has 0 saturated heterocycles. The number of nitrogens with one attached hydrogen (secondary N) is 1. The van der Waals surface area contributed by atoms with Crippen LogP contribution in [0.3, 0.4) is 0 Å². The maximum atomic E-state index is 12.2. The average Bonchev–Trinajstić information content (AvgIpc) is 2.69. The third-order valence-corrected chi connectivity index (χ3v) is 3.87. The molecule has 9 nitrogen and oxygen atoms in total. The molecular weight excluding hydrogens is 364 g/mol. The van der Waals surface area contributed by atoms with E-state index in [1.807, 2.05) is 12.1 Å². The summed E-state index contributed by atoms with van der Waals surface area (Å²) in [5.74, 6) is -0.273. The molecule has 0 spiro atoms. The van der Waals surface area contributed by atoms with Gasteiger partial charge in [0, 0.05) is 29.3 Å². The second kappa shape index (κ2) is 8.12. The Morgan fingerprint density at radius 2 is 2.11 bits per heavy atom. The second-order valence-corrected chi connectivity index (χ2v) is 5.83. The van der Waals surface area contributed by atoms with E-state index in [4.69, 9.17) is 4.74 Å². The summed E-state index contributed by atoms with van der Waals surface area (Å²) in [6.45, 7) is 1.55. The topological polar surface area (TPSA) is 127 Å². The molecule has 1 aromatic heterocycles. The van der Waals surface area contributed by atoms with Gasteiger partial charge in [-0.2, -0.15) is 5.10 Å². The number of aromatic hydroxyl groups is 1. The number of amides is 1. The lowest BCUT2D eigenvalue weighted by molar-refractivity contribution is -0.384. The summed E-state index contributed by atoms with van der Waals surface area (Å²) in [6, 6.07) is 12.6. The average molecular weight is 380 g/mol. The number of hydrogen-bond acceptors (Lipinski definition) is 7. The van der Waals surface area contributed by atoms with E-state index in [0.717, 1.165) is 17.7 Å². The fourth-order valence-electron chi connectivity index (χ4n) is 2.43. The molecule has 0 aliphatic heterocycles. The zero-order valence-corrected chi connectivity index (χ0v) is 14.8. The molecule has 0 saturated carbocycles. The van der Waals surface area contributed by atoms with Crippen LogP contribution in [0.5, 0.6) is 11.5 Å². The van der Waals surface area contributed by atoms with Gasteiger partial charge in [-0.15, -0.1) is 0 Å². The number of ether oxygens (including phenoxy) is 1. The summed E-state index contributed by atoms with van der Waals surface area (Å²) in [5.41, 5.74) is 2.81. The second-order valence-electron chi connectivity index (χ2n) is 5.83. The standard InChI is InChI=1S/C19H16N4O5/c1-12(28-17-6-2-4-13-5-3-9-20-18(13)17)19(25)22-21-11-14-10-15(23(26)27)7-8-16(14)24/h2-12,24H,1H3,(H,22,25)/b21-11+. The summed E-state index contributed by atoms with van der Waals surface area (Å²) in [6.07, 6.45) is 1.88. The van der Waals surface area contributed by atoms with Crippen LogP contribution in [0, 0.1) is 10.1 Å². The predicted octanol–water partition coefficient (Wildman–Crippen LogP) is 2.77. The van der Waals surface area contributed by atoms with Gasteiger partial charge in [-0.25, -0.2) is 5.43 Å². The van der Waals surface area contributed by atoms with Crippen LogP contribution in [0.15, 0.2) is 59.8 Å². The van der Waals surface area contributed by atoms with Crippen molar-refractivity contribution in [2.45, 2.75) is 13.0 Å². The van der Waals surface area contributed by atoms with E-state index in [1.54, 1.807) is 31.3 Å². The van der Waals surface area contributed by atoms with Gasteiger partial charge in [0.15, 0.2) is 6.10 Å². The van der Waals surface area contributed by atoms with Gasteiger partial charge >= 0.3 is 0 Å². The van der Waals surface area contributed by atoms with Crippen molar-refractivity contribution in [1.29, 1.82) is 0 Å². The minimum Gasteiger partial charge on any atom is -0.507 e. The third-order valence-electron chi connectivity index (χ3n) is 3.87. The molecule has 1 amide bonds. The summed E-state index contributed by atoms with van der Waals surface area (Å²) < 4.78 is 5.68. The van der Waals surface area contributed by atoms with E-state index < -0.39 is 16.9 Å². The van der Waals surface area contributed by atoms with Crippen LogP contribution in [-0.4, -0.2) is 33.2 Å². The summed E-state index contributed by atoms with van der Waals surface area (Å²) in [7, 11) is 0. The Kier molecular flexibility index (Phi) is 5.45. The third kappa shape index (κ3) is 4.21. The van der Waals surface area contributed by atoms with Gasteiger partial charge in [-0.1, -0.05) is 18.2 Å². The number of phenolic OH excluding ortho intramolecular Hbond substituents is 1. The first-order valence-electron chi connectivity index (χ1n) is 8.26. The predicted molar refractivity (Wildman–Crippen MR) is 102 cm³/mol. The molecule has 3 rings (SSSR count). The molecule has 2 aromatic carbocycles. The number of para-hydroxylation sites is 1. The number of rotatable bonds is 6. The van der Waals surface area contributed by atoms with Gasteiger partial charge in [0.05, 0.1) is 11.1 Å². The van der Waals surface area contributed by atoms with Crippen LogP contribution in [0.4, 0.5) is 5.69 Å². The first-order valence-corrected chi connectivity index (χ1v) is 8.26. The normalized spacial score (nSPS) is 12.0. The van der Waals surface area contributed by atoms with Gasteiger partial charge in [0.25, 0.3) is 11.6 Å². The number of nitrogens with zero attached hydrogens (tertiary/aromatic N) is 3. The SMILES string of the molecule is CC(Oc1cccc2cccnc12)C(=O)N/N=C/c1cc([N+](=O)[O-])ccc1O. The van der Waals surface area contributed by atoms with E-state index in [-0.39, 0.29) is 17.0 Å². The smallest absolute Gasteiger partial charge is 0.280 e. The minimum atomic E-state index is -0.872. The van der Waals surface area contributed by atoms with Gasteiger partial charge in [-0.05, 0) is 25.1 Å². The molecule has 0 fully saturated rings. The zero-order valence-electron chi connectivity index (χ0n) is 14.8. The maximum absolute atomic E-state index is 12.2.